The van der Waals surface area contributed by atoms with Crippen LogP contribution >= 0.6 is 0 Å². The standard InChI is InChI=1S/C22H20N4O2/c1-14-3-6-16(7-4-14)21(17-9-11-23-12-10-17)24-22(27)19-13-18(25-26-19)20-8-5-15(2)28-20/h3-13,21H,1-2H3,(H,24,27)(H,25,26)/t21-/m0/s1. The van der Waals surface area contributed by atoms with Crippen molar-refractivity contribution >= 4 is 5.91 Å². The van der Waals surface area contributed by atoms with E-state index < -0.39 is 0 Å². The number of carbonyl (C=O) groups is 1. The molecule has 0 saturated carbocycles. The topological polar surface area (TPSA) is 83.8 Å². The quantitative estimate of drug-likeness (QED) is 0.550. The number of nitrogens with zero attached hydrogens (tertiary/aromatic N) is 2. The van der Waals surface area contributed by atoms with Crippen LogP contribution in [-0.4, -0.2) is 21.1 Å². The molecule has 140 valence electrons. The number of carbonyl (C=O) groups excluding carboxylic acids is 1. The number of hydrogen-bond donors (Lipinski definition) is 2. The molecule has 0 aliphatic heterocycles. The average Bonchev–Trinajstić information content (AvgIpc) is 3.37. The molecule has 0 unspecified atom stereocenters. The van der Waals surface area contributed by atoms with E-state index in [1.807, 2.05) is 62.4 Å². The van der Waals surface area contributed by atoms with Crippen molar-refractivity contribution in [2.24, 2.45) is 0 Å². The lowest BCUT2D eigenvalue weighted by molar-refractivity contribution is 0.0938. The van der Waals surface area contributed by atoms with Crippen LogP contribution in [0.1, 0.15) is 39.0 Å². The molecule has 28 heavy (non-hydrogen) atoms. The molecule has 6 nitrogen and oxygen atoms in total. The summed E-state index contributed by atoms with van der Waals surface area (Å²) in [5, 5.41) is 10.1. The van der Waals surface area contributed by atoms with Crippen molar-refractivity contribution in [3.05, 3.63) is 95.1 Å². The second kappa shape index (κ2) is 7.52. The van der Waals surface area contributed by atoms with Crippen LogP contribution in [0.5, 0.6) is 0 Å². The smallest absolute Gasteiger partial charge is 0.272 e. The molecule has 4 rings (SSSR count). The average molecular weight is 372 g/mol. The van der Waals surface area contributed by atoms with E-state index >= 15 is 0 Å². The first-order valence-corrected chi connectivity index (χ1v) is 9.00. The summed E-state index contributed by atoms with van der Waals surface area (Å²) >= 11 is 0. The highest BCUT2D eigenvalue weighted by Crippen LogP contribution is 2.24. The van der Waals surface area contributed by atoms with Crippen LogP contribution in [0.25, 0.3) is 11.5 Å². The van der Waals surface area contributed by atoms with E-state index in [4.69, 9.17) is 4.42 Å². The Balaban J connectivity index is 1.61. The molecule has 0 radical (unpaired) electrons. The summed E-state index contributed by atoms with van der Waals surface area (Å²) in [6.07, 6.45) is 3.43. The number of nitrogens with one attached hydrogen (secondary N) is 2. The number of pyridine rings is 1. The van der Waals surface area contributed by atoms with Gasteiger partial charge in [0.05, 0.1) is 6.04 Å². The van der Waals surface area contributed by atoms with E-state index in [2.05, 4.69) is 20.5 Å². The van der Waals surface area contributed by atoms with Gasteiger partial charge in [-0.15, -0.1) is 0 Å². The summed E-state index contributed by atoms with van der Waals surface area (Å²) in [5.41, 5.74) is 4.06. The minimum absolute atomic E-state index is 0.270. The van der Waals surface area contributed by atoms with Crippen molar-refractivity contribution in [1.82, 2.24) is 20.5 Å². The van der Waals surface area contributed by atoms with E-state index in [0.29, 0.717) is 17.1 Å². The third-order valence-electron chi connectivity index (χ3n) is 4.54. The number of aromatic amines is 1. The number of aromatic nitrogens is 3. The molecule has 1 aromatic carbocycles. The van der Waals surface area contributed by atoms with E-state index in [1.54, 1.807) is 18.5 Å². The molecular formula is C22H20N4O2. The van der Waals surface area contributed by atoms with Crippen LogP contribution in [0.15, 0.2) is 71.4 Å². The number of hydrogen-bond acceptors (Lipinski definition) is 4. The van der Waals surface area contributed by atoms with Crippen LogP contribution in [0, 0.1) is 13.8 Å². The normalized spacial score (nSPS) is 11.9. The summed E-state index contributed by atoms with van der Waals surface area (Å²) < 4.78 is 5.58. The van der Waals surface area contributed by atoms with E-state index in [0.717, 1.165) is 22.5 Å². The molecule has 3 heterocycles. The zero-order valence-corrected chi connectivity index (χ0v) is 15.6. The van der Waals surface area contributed by atoms with Gasteiger partial charge in [-0.25, -0.2) is 0 Å². The Bertz CT molecular complexity index is 1080. The lowest BCUT2D eigenvalue weighted by Gasteiger charge is -2.19. The van der Waals surface area contributed by atoms with Crippen LogP contribution in [-0.2, 0) is 0 Å². The lowest BCUT2D eigenvalue weighted by atomic mass is 9.98. The fourth-order valence-electron chi connectivity index (χ4n) is 3.02. The number of aryl methyl sites for hydroxylation is 2. The maximum absolute atomic E-state index is 12.9. The van der Waals surface area contributed by atoms with Gasteiger partial charge in [-0.05, 0) is 49.2 Å². The second-order valence-electron chi connectivity index (χ2n) is 6.67. The summed E-state index contributed by atoms with van der Waals surface area (Å²) in [5.74, 6) is 1.18. The Labute approximate surface area is 162 Å². The van der Waals surface area contributed by atoms with Gasteiger partial charge >= 0.3 is 0 Å². The SMILES string of the molecule is Cc1ccc([C@H](NC(=O)c2cc(-c3ccc(C)o3)[nH]n2)c2ccncc2)cc1. The summed E-state index contributed by atoms with van der Waals surface area (Å²) in [6, 6.07) is 17.0. The summed E-state index contributed by atoms with van der Waals surface area (Å²) in [7, 11) is 0. The van der Waals surface area contributed by atoms with Crippen molar-refractivity contribution < 1.29 is 9.21 Å². The molecule has 1 amide bonds. The molecule has 0 spiro atoms. The van der Waals surface area contributed by atoms with Gasteiger partial charge in [0.25, 0.3) is 5.91 Å². The molecule has 2 N–H and O–H groups in total. The third kappa shape index (κ3) is 3.71. The van der Waals surface area contributed by atoms with Crippen molar-refractivity contribution in [3.63, 3.8) is 0 Å². The Morgan fingerprint density at radius 3 is 2.39 bits per heavy atom. The molecule has 0 aliphatic rings. The molecule has 1 atom stereocenters. The molecule has 0 aliphatic carbocycles. The number of H-pyrrole nitrogens is 1. The number of furan rings is 1. The Kier molecular flexibility index (Phi) is 4.76. The minimum atomic E-state index is -0.304. The first kappa shape index (κ1) is 17.7. The van der Waals surface area contributed by atoms with E-state index in [-0.39, 0.29) is 11.9 Å². The van der Waals surface area contributed by atoms with Crippen LogP contribution in [0.3, 0.4) is 0 Å². The Hall–Kier alpha value is -3.67. The molecule has 0 fully saturated rings. The molecule has 3 aromatic heterocycles. The molecule has 4 aromatic rings. The van der Waals surface area contributed by atoms with Crippen LogP contribution in [0.2, 0.25) is 0 Å². The summed E-state index contributed by atoms with van der Waals surface area (Å²) in [4.78, 5) is 16.9. The molecule has 6 heteroatoms. The Morgan fingerprint density at radius 2 is 1.71 bits per heavy atom. The van der Waals surface area contributed by atoms with Gasteiger partial charge in [0.1, 0.15) is 11.5 Å². The molecule has 0 saturated heterocycles. The van der Waals surface area contributed by atoms with Gasteiger partial charge in [-0.2, -0.15) is 5.10 Å². The highest BCUT2D eigenvalue weighted by molar-refractivity contribution is 5.93. The molecule has 0 bridgehead atoms. The second-order valence-corrected chi connectivity index (χ2v) is 6.67. The lowest BCUT2D eigenvalue weighted by Crippen LogP contribution is -2.29. The number of amides is 1. The van der Waals surface area contributed by atoms with Gasteiger partial charge in [0, 0.05) is 18.5 Å². The zero-order valence-electron chi connectivity index (χ0n) is 15.6. The minimum Gasteiger partial charge on any atom is -0.460 e. The maximum atomic E-state index is 12.9. The predicted molar refractivity (Wildman–Crippen MR) is 106 cm³/mol. The highest BCUT2D eigenvalue weighted by atomic mass is 16.3. The fraction of sp³-hybridized carbons (Fsp3) is 0.136. The largest absolute Gasteiger partial charge is 0.460 e. The number of benzene rings is 1. The van der Waals surface area contributed by atoms with Crippen molar-refractivity contribution in [3.8, 4) is 11.5 Å². The van der Waals surface area contributed by atoms with Gasteiger partial charge in [0.2, 0.25) is 0 Å². The highest BCUT2D eigenvalue weighted by Gasteiger charge is 2.20. The zero-order chi connectivity index (χ0) is 19.5. The first-order chi connectivity index (χ1) is 13.6. The van der Waals surface area contributed by atoms with Crippen molar-refractivity contribution in [2.75, 3.05) is 0 Å². The van der Waals surface area contributed by atoms with Gasteiger partial charge in [0.15, 0.2) is 11.5 Å². The van der Waals surface area contributed by atoms with Crippen LogP contribution in [0.4, 0.5) is 0 Å². The first-order valence-electron chi connectivity index (χ1n) is 9.00. The van der Waals surface area contributed by atoms with Gasteiger partial charge in [-0.1, -0.05) is 29.8 Å². The van der Waals surface area contributed by atoms with Gasteiger partial charge in [-0.3, -0.25) is 14.9 Å². The third-order valence-corrected chi connectivity index (χ3v) is 4.54. The summed E-state index contributed by atoms with van der Waals surface area (Å²) in [6.45, 7) is 3.90. The number of rotatable bonds is 5. The van der Waals surface area contributed by atoms with E-state index in [9.17, 15) is 4.79 Å². The fourth-order valence-corrected chi connectivity index (χ4v) is 3.02. The van der Waals surface area contributed by atoms with Crippen molar-refractivity contribution in [2.45, 2.75) is 19.9 Å². The predicted octanol–water partition coefficient (Wildman–Crippen LogP) is 4.20. The van der Waals surface area contributed by atoms with E-state index in [1.165, 1.54) is 0 Å². The Morgan fingerprint density at radius 1 is 1.00 bits per heavy atom. The van der Waals surface area contributed by atoms with Crippen LogP contribution < -0.4 is 5.32 Å². The van der Waals surface area contributed by atoms with Crippen molar-refractivity contribution in [1.29, 1.82) is 0 Å². The monoisotopic (exact) mass is 372 g/mol. The maximum Gasteiger partial charge on any atom is 0.272 e. The molecular weight excluding hydrogens is 352 g/mol. The van der Waals surface area contributed by atoms with Gasteiger partial charge < -0.3 is 9.73 Å².